The highest BCUT2D eigenvalue weighted by atomic mass is 16.6. The molecule has 2 aliphatic heterocycles. The zero-order valence-corrected chi connectivity index (χ0v) is 18.4. The smallest absolute Gasteiger partial charge is 0.220 e. The summed E-state index contributed by atoms with van der Waals surface area (Å²) in [6.07, 6.45) is 9.04. The predicted molar refractivity (Wildman–Crippen MR) is 118 cm³/mol. The van der Waals surface area contributed by atoms with E-state index in [1.807, 2.05) is 18.2 Å². The number of hydrogen-bond donors (Lipinski definition) is 2. The fourth-order valence-corrected chi connectivity index (χ4v) is 4.29. The number of nitrogens with one attached hydrogen (secondary N) is 1. The highest BCUT2D eigenvalue weighted by Gasteiger charge is 2.27. The van der Waals surface area contributed by atoms with Crippen molar-refractivity contribution in [3.63, 3.8) is 0 Å². The Hall–Kier alpha value is -1.79. The van der Waals surface area contributed by atoms with Gasteiger partial charge in [-0.15, -0.1) is 0 Å². The van der Waals surface area contributed by atoms with Crippen molar-refractivity contribution < 1.29 is 19.4 Å². The molecule has 0 bridgehead atoms. The second-order valence-corrected chi connectivity index (χ2v) is 8.55. The Morgan fingerprint density at radius 2 is 1.77 bits per heavy atom. The maximum atomic E-state index is 12.6. The van der Waals surface area contributed by atoms with E-state index in [9.17, 15) is 9.90 Å². The first-order valence-electron chi connectivity index (χ1n) is 11.8. The van der Waals surface area contributed by atoms with E-state index in [0.717, 1.165) is 31.5 Å². The van der Waals surface area contributed by atoms with Crippen molar-refractivity contribution in [1.29, 1.82) is 0 Å². The lowest BCUT2D eigenvalue weighted by molar-refractivity contribution is -0.123. The van der Waals surface area contributed by atoms with Crippen molar-refractivity contribution in [3.8, 4) is 11.5 Å². The Morgan fingerprint density at radius 1 is 1.07 bits per heavy atom. The van der Waals surface area contributed by atoms with Crippen LogP contribution in [0.3, 0.4) is 0 Å². The number of aliphatic hydroxyl groups excluding tert-OH is 1. The molecule has 2 N–H and O–H groups in total. The molecule has 168 valence electrons. The van der Waals surface area contributed by atoms with Crippen LogP contribution in [0.1, 0.15) is 76.4 Å². The molecule has 6 nitrogen and oxygen atoms in total. The van der Waals surface area contributed by atoms with E-state index in [1.165, 1.54) is 38.5 Å². The number of hydrogen-bond acceptors (Lipinski definition) is 5. The second kappa shape index (κ2) is 12.2. The van der Waals surface area contributed by atoms with Crippen LogP contribution in [0.5, 0.6) is 11.5 Å². The SMILES string of the molecule is CCCCCCCCC(=O)N[C@@H](CN1CCCC1)[C@H](O)c1ccc2c(c1)OCCO2. The molecule has 1 saturated heterocycles. The largest absolute Gasteiger partial charge is 0.486 e. The number of nitrogens with zero attached hydrogens (tertiary/aromatic N) is 1. The molecule has 2 heterocycles. The maximum absolute atomic E-state index is 12.6. The Morgan fingerprint density at radius 3 is 2.53 bits per heavy atom. The van der Waals surface area contributed by atoms with Crippen LogP contribution in [0.2, 0.25) is 0 Å². The lowest BCUT2D eigenvalue weighted by Gasteiger charge is -2.29. The summed E-state index contributed by atoms with van der Waals surface area (Å²) in [5.41, 5.74) is 0.753. The molecule has 0 spiro atoms. The van der Waals surface area contributed by atoms with Crippen LogP contribution in [0, 0.1) is 0 Å². The van der Waals surface area contributed by atoms with E-state index in [-0.39, 0.29) is 11.9 Å². The summed E-state index contributed by atoms with van der Waals surface area (Å²) in [5, 5.41) is 14.2. The summed E-state index contributed by atoms with van der Waals surface area (Å²) >= 11 is 0. The molecule has 6 heteroatoms. The van der Waals surface area contributed by atoms with Crippen molar-refractivity contribution in [2.24, 2.45) is 0 Å². The van der Waals surface area contributed by atoms with Crippen LogP contribution in [-0.2, 0) is 4.79 Å². The van der Waals surface area contributed by atoms with Crippen LogP contribution < -0.4 is 14.8 Å². The van der Waals surface area contributed by atoms with Gasteiger partial charge in [0.2, 0.25) is 5.91 Å². The molecule has 0 aliphatic carbocycles. The third-order valence-electron chi connectivity index (χ3n) is 6.05. The number of rotatable bonds is 12. The minimum absolute atomic E-state index is 0.0336. The molecular weight excluding hydrogens is 380 g/mol. The minimum atomic E-state index is -0.782. The average Bonchev–Trinajstić information content (AvgIpc) is 3.28. The molecule has 0 aromatic heterocycles. The van der Waals surface area contributed by atoms with Crippen LogP contribution in [-0.4, -0.2) is 54.8 Å². The fraction of sp³-hybridized carbons (Fsp3) is 0.708. The molecule has 0 saturated carbocycles. The van der Waals surface area contributed by atoms with E-state index in [0.29, 0.717) is 37.7 Å². The van der Waals surface area contributed by atoms with Crippen LogP contribution >= 0.6 is 0 Å². The van der Waals surface area contributed by atoms with E-state index < -0.39 is 6.10 Å². The van der Waals surface area contributed by atoms with Gasteiger partial charge in [-0.25, -0.2) is 0 Å². The standard InChI is InChI=1S/C24H38N2O4/c1-2-3-4-5-6-7-10-23(27)25-20(18-26-13-8-9-14-26)24(28)19-11-12-21-22(17-19)30-16-15-29-21/h11-12,17,20,24,28H,2-10,13-16,18H2,1H3,(H,25,27)/t20-,24+/m0/s1. The van der Waals surface area contributed by atoms with Gasteiger partial charge in [-0.05, 0) is 50.0 Å². The van der Waals surface area contributed by atoms with Crippen LogP contribution in [0.25, 0.3) is 0 Å². The summed E-state index contributed by atoms with van der Waals surface area (Å²) in [5.74, 6) is 1.41. The molecule has 1 amide bonds. The van der Waals surface area contributed by atoms with Gasteiger partial charge in [-0.2, -0.15) is 0 Å². The summed E-state index contributed by atoms with van der Waals surface area (Å²) in [6.45, 7) is 5.98. The Balaban J connectivity index is 1.57. The van der Waals surface area contributed by atoms with Crippen LogP contribution in [0.4, 0.5) is 0 Å². The van der Waals surface area contributed by atoms with Gasteiger partial charge in [0.1, 0.15) is 19.3 Å². The van der Waals surface area contributed by atoms with E-state index in [4.69, 9.17) is 9.47 Å². The number of carbonyl (C=O) groups excluding carboxylic acids is 1. The van der Waals surface area contributed by atoms with Gasteiger partial charge in [0.15, 0.2) is 11.5 Å². The molecule has 0 unspecified atom stereocenters. The van der Waals surface area contributed by atoms with Gasteiger partial charge >= 0.3 is 0 Å². The third-order valence-corrected chi connectivity index (χ3v) is 6.05. The summed E-state index contributed by atoms with van der Waals surface area (Å²) < 4.78 is 11.3. The van der Waals surface area contributed by atoms with E-state index in [2.05, 4.69) is 17.1 Å². The number of likely N-dealkylation sites (tertiary alicyclic amines) is 1. The molecule has 3 rings (SSSR count). The van der Waals surface area contributed by atoms with Crippen molar-refractivity contribution in [2.45, 2.75) is 76.9 Å². The summed E-state index contributed by atoms with van der Waals surface area (Å²) in [7, 11) is 0. The Labute approximate surface area is 180 Å². The first-order valence-corrected chi connectivity index (χ1v) is 11.8. The summed E-state index contributed by atoms with van der Waals surface area (Å²) in [6, 6.07) is 5.22. The molecule has 2 atom stereocenters. The second-order valence-electron chi connectivity index (χ2n) is 8.55. The summed E-state index contributed by atoms with van der Waals surface area (Å²) in [4.78, 5) is 14.9. The average molecular weight is 419 g/mol. The molecule has 1 fully saturated rings. The number of benzene rings is 1. The van der Waals surface area contributed by atoms with Gasteiger partial charge in [-0.1, -0.05) is 45.1 Å². The Kier molecular flexibility index (Phi) is 9.27. The first-order chi connectivity index (χ1) is 14.7. The van der Waals surface area contributed by atoms with E-state index in [1.54, 1.807) is 0 Å². The first kappa shape index (κ1) is 22.9. The zero-order valence-electron chi connectivity index (χ0n) is 18.4. The number of amides is 1. The molecule has 30 heavy (non-hydrogen) atoms. The minimum Gasteiger partial charge on any atom is -0.486 e. The van der Waals surface area contributed by atoms with Gasteiger partial charge in [0, 0.05) is 13.0 Å². The molecule has 2 aliphatic rings. The fourth-order valence-electron chi connectivity index (χ4n) is 4.29. The topological polar surface area (TPSA) is 71.0 Å². The number of aliphatic hydroxyl groups is 1. The van der Waals surface area contributed by atoms with Crippen molar-refractivity contribution in [3.05, 3.63) is 23.8 Å². The Bertz CT molecular complexity index is 661. The lowest BCUT2D eigenvalue weighted by Crippen LogP contribution is -2.46. The van der Waals surface area contributed by atoms with Gasteiger partial charge in [0.25, 0.3) is 0 Å². The van der Waals surface area contributed by atoms with Crippen LogP contribution in [0.15, 0.2) is 18.2 Å². The molecular formula is C24H38N2O4. The van der Waals surface area contributed by atoms with Gasteiger partial charge in [0.05, 0.1) is 6.04 Å². The molecule has 0 radical (unpaired) electrons. The van der Waals surface area contributed by atoms with Gasteiger partial charge in [-0.3, -0.25) is 4.79 Å². The van der Waals surface area contributed by atoms with Crippen molar-refractivity contribution >= 4 is 5.91 Å². The van der Waals surface area contributed by atoms with E-state index >= 15 is 0 Å². The molecule has 1 aromatic carbocycles. The normalized spacial score (nSPS) is 18.2. The monoisotopic (exact) mass is 418 g/mol. The highest BCUT2D eigenvalue weighted by Crippen LogP contribution is 2.33. The maximum Gasteiger partial charge on any atom is 0.220 e. The zero-order chi connectivity index (χ0) is 21.2. The third kappa shape index (κ3) is 6.88. The quantitative estimate of drug-likeness (QED) is 0.505. The highest BCUT2D eigenvalue weighted by molar-refractivity contribution is 5.76. The lowest BCUT2D eigenvalue weighted by atomic mass is 10.0. The number of ether oxygens (including phenoxy) is 2. The molecule has 1 aromatic rings. The number of carbonyl (C=O) groups is 1. The van der Waals surface area contributed by atoms with Crippen molar-refractivity contribution in [1.82, 2.24) is 10.2 Å². The number of unbranched alkanes of at least 4 members (excludes halogenated alkanes) is 5. The van der Waals surface area contributed by atoms with Crippen molar-refractivity contribution in [2.75, 3.05) is 32.8 Å². The number of fused-ring (bicyclic) bond motifs is 1. The predicted octanol–water partition coefficient (Wildman–Crippen LogP) is 3.82. The van der Waals surface area contributed by atoms with Gasteiger partial charge < -0.3 is 24.8 Å².